The predicted octanol–water partition coefficient (Wildman–Crippen LogP) is 2.28. The number of hydrogen-bond donors (Lipinski definition) is 0. The van der Waals surface area contributed by atoms with Crippen LogP contribution in [0.5, 0.6) is 0 Å². The van der Waals surface area contributed by atoms with Crippen molar-refractivity contribution in [1.82, 2.24) is 4.98 Å². The Morgan fingerprint density at radius 2 is 2.42 bits per heavy atom. The number of aryl methyl sites for hydroxylation is 1. The van der Waals surface area contributed by atoms with Crippen LogP contribution in [0, 0.1) is 24.7 Å². The molecule has 3 heteroatoms. The number of hydrogen-bond acceptors (Lipinski definition) is 1. The molecule has 0 fully saturated rings. The van der Waals surface area contributed by atoms with Gasteiger partial charge in [-0.1, -0.05) is 27.8 Å². The van der Waals surface area contributed by atoms with E-state index in [-0.39, 0.29) is 0 Å². The number of alkyl halides is 1. The van der Waals surface area contributed by atoms with Gasteiger partial charge in [0.15, 0.2) is 0 Å². The fraction of sp³-hybridized carbons (Fsp3) is 0.222. The normalized spacial score (nSPS) is 8.92. The van der Waals surface area contributed by atoms with Crippen LogP contribution in [0.15, 0.2) is 12.3 Å². The van der Waals surface area contributed by atoms with E-state index < -0.39 is 5.95 Å². The summed E-state index contributed by atoms with van der Waals surface area (Å²) in [5.74, 6) is 5.23. The number of nitrogens with zero attached hydrogens (tertiary/aromatic N) is 1. The molecule has 1 aromatic rings. The molecule has 0 aromatic carbocycles. The van der Waals surface area contributed by atoms with Gasteiger partial charge >= 0.3 is 0 Å². The maximum atomic E-state index is 12.5. The van der Waals surface area contributed by atoms with Gasteiger partial charge in [-0.15, -0.1) is 0 Å². The lowest BCUT2D eigenvalue weighted by Gasteiger charge is -1.95. The molecular weight excluding hydrogens is 221 g/mol. The minimum Gasteiger partial charge on any atom is -0.227 e. The zero-order chi connectivity index (χ0) is 8.97. The number of pyridine rings is 1. The molecule has 0 atom stereocenters. The Labute approximate surface area is 79.1 Å². The maximum Gasteiger partial charge on any atom is 0.213 e. The summed E-state index contributed by atoms with van der Waals surface area (Å²) < 4.78 is 12.5. The quantitative estimate of drug-likeness (QED) is 0.377. The van der Waals surface area contributed by atoms with Gasteiger partial charge in [0.2, 0.25) is 5.95 Å². The number of halogens is 2. The zero-order valence-corrected chi connectivity index (χ0v) is 8.15. The molecule has 0 unspecified atom stereocenters. The fourth-order valence-electron chi connectivity index (χ4n) is 0.781. The Balaban J connectivity index is 3.01. The van der Waals surface area contributed by atoms with Crippen LogP contribution in [-0.4, -0.2) is 10.3 Å². The molecule has 0 radical (unpaired) electrons. The molecular formula is C9H7BrFN. The highest BCUT2D eigenvalue weighted by molar-refractivity contribution is 9.09. The van der Waals surface area contributed by atoms with E-state index in [1.165, 1.54) is 12.3 Å². The van der Waals surface area contributed by atoms with Gasteiger partial charge in [-0.3, -0.25) is 0 Å². The number of rotatable bonds is 0. The molecule has 0 bridgehead atoms. The van der Waals surface area contributed by atoms with Crippen molar-refractivity contribution in [2.75, 3.05) is 5.33 Å². The van der Waals surface area contributed by atoms with E-state index in [1.54, 1.807) is 0 Å². The van der Waals surface area contributed by atoms with E-state index in [2.05, 4.69) is 32.8 Å². The van der Waals surface area contributed by atoms with Crippen LogP contribution in [0.1, 0.15) is 11.1 Å². The van der Waals surface area contributed by atoms with Crippen LogP contribution in [0.2, 0.25) is 0 Å². The van der Waals surface area contributed by atoms with Crippen LogP contribution in [0.3, 0.4) is 0 Å². The molecule has 0 aliphatic heterocycles. The first-order valence-corrected chi connectivity index (χ1v) is 4.53. The van der Waals surface area contributed by atoms with Crippen molar-refractivity contribution < 1.29 is 4.39 Å². The van der Waals surface area contributed by atoms with E-state index in [0.717, 1.165) is 11.1 Å². The summed E-state index contributed by atoms with van der Waals surface area (Å²) in [6.07, 6.45) is 1.44. The highest BCUT2D eigenvalue weighted by Crippen LogP contribution is 2.05. The minimum absolute atomic E-state index is 0.461. The van der Waals surface area contributed by atoms with Gasteiger partial charge in [-0.05, 0) is 18.6 Å². The van der Waals surface area contributed by atoms with Crippen molar-refractivity contribution in [2.45, 2.75) is 6.92 Å². The van der Waals surface area contributed by atoms with Crippen molar-refractivity contribution in [3.63, 3.8) is 0 Å². The molecule has 1 nitrogen and oxygen atoms in total. The van der Waals surface area contributed by atoms with E-state index in [4.69, 9.17) is 0 Å². The van der Waals surface area contributed by atoms with Crippen molar-refractivity contribution >= 4 is 15.9 Å². The molecule has 0 spiro atoms. The summed E-state index contributed by atoms with van der Waals surface area (Å²) >= 11 is 3.18. The van der Waals surface area contributed by atoms with Crippen molar-refractivity contribution in [1.29, 1.82) is 0 Å². The van der Waals surface area contributed by atoms with E-state index in [9.17, 15) is 4.39 Å². The van der Waals surface area contributed by atoms with Gasteiger partial charge in [0.1, 0.15) is 0 Å². The molecule has 0 aliphatic carbocycles. The maximum absolute atomic E-state index is 12.5. The zero-order valence-electron chi connectivity index (χ0n) is 6.56. The van der Waals surface area contributed by atoms with Crippen molar-refractivity contribution in [2.24, 2.45) is 0 Å². The molecule has 0 amide bonds. The van der Waals surface area contributed by atoms with Gasteiger partial charge in [-0.2, -0.15) is 4.39 Å². The third-order valence-electron chi connectivity index (χ3n) is 1.37. The first-order valence-electron chi connectivity index (χ1n) is 3.41. The lowest BCUT2D eigenvalue weighted by Crippen LogP contribution is -1.88. The first-order chi connectivity index (χ1) is 5.74. The van der Waals surface area contributed by atoms with Crippen LogP contribution >= 0.6 is 15.9 Å². The average molecular weight is 228 g/mol. The summed E-state index contributed by atoms with van der Waals surface area (Å²) in [5, 5.41) is 0.615. The second kappa shape index (κ2) is 4.22. The lowest BCUT2D eigenvalue weighted by atomic mass is 10.2. The van der Waals surface area contributed by atoms with Crippen LogP contribution < -0.4 is 0 Å². The van der Waals surface area contributed by atoms with E-state index in [0.29, 0.717) is 5.33 Å². The van der Waals surface area contributed by atoms with E-state index in [1.807, 2.05) is 6.92 Å². The molecule has 0 N–H and O–H groups in total. The van der Waals surface area contributed by atoms with Gasteiger partial charge in [0.25, 0.3) is 0 Å². The Kier molecular flexibility index (Phi) is 3.24. The highest BCUT2D eigenvalue weighted by atomic mass is 79.9. The molecule has 1 heterocycles. The Morgan fingerprint density at radius 3 is 3.00 bits per heavy atom. The van der Waals surface area contributed by atoms with Gasteiger partial charge < -0.3 is 0 Å². The van der Waals surface area contributed by atoms with Crippen LogP contribution in [0.4, 0.5) is 4.39 Å². The Bertz CT molecular complexity index is 338. The summed E-state index contributed by atoms with van der Waals surface area (Å²) in [4.78, 5) is 3.51. The van der Waals surface area contributed by atoms with Gasteiger partial charge in [0.05, 0.1) is 5.33 Å². The first kappa shape index (κ1) is 9.21. The molecule has 1 aromatic heterocycles. The molecule has 62 valence electrons. The largest absolute Gasteiger partial charge is 0.227 e. The molecule has 12 heavy (non-hydrogen) atoms. The Morgan fingerprint density at radius 1 is 1.67 bits per heavy atom. The van der Waals surface area contributed by atoms with Crippen molar-refractivity contribution in [3.8, 4) is 11.8 Å². The topological polar surface area (TPSA) is 12.9 Å². The molecule has 0 saturated heterocycles. The predicted molar refractivity (Wildman–Crippen MR) is 49.6 cm³/mol. The third-order valence-corrected chi connectivity index (χ3v) is 1.65. The van der Waals surface area contributed by atoms with Crippen LogP contribution in [-0.2, 0) is 0 Å². The molecule has 0 aliphatic rings. The SMILES string of the molecule is Cc1cc(F)ncc1C#CCBr. The summed E-state index contributed by atoms with van der Waals surface area (Å²) in [7, 11) is 0. The summed E-state index contributed by atoms with van der Waals surface area (Å²) in [6.45, 7) is 1.81. The third kappa shape index (κ3) is 2.31. The summed E-state index contributed by atoms with van der Waals surface area (Å²) in [6, 6.07) is 1.37. The second-order valence-electron chi connectivity index (χ2n) is 2.26. The Hall–Kier alpha value is -0.880. The monoisotopic (exact) mass is 227 g/mol. The summed E-state index contributed by atoms with van der Waals surface area (Å²) in [5.41, 5.74) is 1.59. The highest BCUT2D eigenvalue weighted by Gasteiger charge is 1.96. The fourth-order valence-corrected chi connectivity index (χ4v) is 0.921. The molecule has 1 rings (SSSR count). The smallest absolute Gasteiger partial charge is 0.213 e. The minimum atomic E-state index is -0.461. The second-order valence-corrected chi connectivity index (χ2v) is 2.82. The van der Waals surface area contributed by atoms with Crippen LogP contribution in [0.25, 0.3) is 0 Å². The van der Waals surface area contributed by atoms with Crippen molar-refractivity contribution in [3.05, 3.63) is 29.3 Å². The lowest BCUT2D eigenvalue weighted by molar-refractivity contribution is 0.582. The van der Waals surface area contributed by atoms with Gasteiger partial charge in [0, 0.05) is 11.8 Å². The average Bonchev–Trinajstić information content (AvgIpc) is 2.03. The van der Waals surface area contributed by atoms with Gasteiger partial charge in [-0.25, -0.2) is 4.98 Å². The number of aromatic nitrogens is 1. The standard InChI is InChI=1S/C9H7BrFN/c1-7-5-9(11)12-6-8(7)3-2-4-10/h5-6H,4H2,1H3. The molecule has 0 saturated carbocycles. The van der Waals surface area contributed by atoms with E-state index >= 15 is 0 Å².